The smallest absolute Gasteiger partial charge is 0.326 e. The van der Waals surface area contributed by atoms with Gasteiger partial charge in [0.25, 0.3) is 0 Å². The fourth-order valence-corrected chi connectivity index (χ4v) is 3.51. The van der Waals surface area contributed by atoms with Gasteiger partial charge in [0, 0.05) is 13.5 Å². The first-order valence-corrected chi connectivity index (χ1v) is 10.6. The van der Waals surface area contributed by atoms with Crippen LogP contribution in [0.3, 0.4) is 0 Å². The molecule has 1 aliphatic rings. The Morgan fingerprint density at radius 2 is 1.69 bits per heavy atom. The van der Waals surface area contributed by atoms with Crippen molar-refractivity contribution in [1.82, 2.24) is 20.9 Å². The minimum Gasteiger partial charge on any atom is -0.481 e. The van der Waals surface area contributed by atoms with Gasteiger partial charge in [0.05, 0.1) is 6.42 Å². The number of nitrogens with zero attached hydrogens (tertiary/aromatic N) is 1. The number of nitrogens with one attached hydrogen (secondary N) is 3. The zero-order chi connectivity index (χ0) is 24.4. The lowest BCUT2D eigenvalue weighted by Crippen LogP contribution is -2.57. The van der Waals surface area contributed by atoms with Gasteiger partial charge in [0.2, 0.25) is 23.6 Å². The van der Waals surface area contributed by atoms with E-state index in [4.69, 9.17) is 10.2 Å². The molecule has 0 aromatic carbocycles. The van der Waals surface area contributed by atoms with E-state index in [2.05, 4.69) is 16.0 Å². The first kappa shape index (κ1) is 26.9. The molecule has 32 heavy (non-hydrogen) atoms. The van der Waals surface area contributed by atoms with Gasteiger partial charge >= 0.3 is 11.9 Å². The van der Waals surface area contributed by atoms with Crippen LogP contribution in [0.1, 0.15) is 59.3 Å². The quantitative estimate of drug-likeness (QED) is 0.253. The fraction of sp³-hybridized carbons (Fsp3) is 0.700. The summed E-state index contributed by atoms with van der Waals surface area (Å²) in [6.45, 7) is 5.00. The maximum atomic E-state index is 12.9. The molecule has 1 saturated heterocycles. The molecule has 0 spiro atoms. The monoisotopic (exact) mass is 456 g/mol. The van der Waals surface area contributed by atoms with Gasteiger partial charge in [-0.05, 0) is 26.2 Å². The van der Waals surface area contributed by atoms with Crippen LogP contribution in [-0.4, -0.2) is 81.4 Å². The van der Waals surface area contributed by atoms with E-state index in [9.17, 15) is 28.8 Å². The Morgan fingerprint density at radius 3 is 2.22 bits per heavy atom. The molecule has 1 rings (SSSR count). The summed E-state index contributed by atoms with van der Waals surface area (Å²) in [6.07, 6.45) is 1.63. The number of hydrogen-bond acceptors (Lipinski definition) is 6. The SMILES string of the molecule is CCCC[C@H](NC(=O)[C@@H]1CCCN1C(=O)[C@H](C)NC(C)=O)C(=O)N[C@@H](CC(=O)O)C(=O)O. The van der Waals surface area contributed by atoms with E-state index in [0.29, 0.717) is 32.2 Å². The number of hydrogen-bond donors (Lipinski definition) is 5. The Balaban J connectivity index is 2.90. The molecule has 0 aromatic heterocycles. The van der Waals surface area contributed by atoms with Crippen molar-refractivity contribution in [3.05, 3.63) is 0 Å². The number of carbonyl (C=O) groups excluding carboxylic acids is 4. The van der Waals surface area contributed by atoms with Gasteiger partial charge in [-0.1, -0.05) is 19.8 Å². The van der Waals surface area contributed by atoms with Crippen LogP contribution in [0.4, 0.5) is 0 Å². The maximum Gasteiger partial charge on any atom is 0.326 e. The third-order valence-corrected chi connectivity index (χ3v) is 5.10. The molecule has 0 aromatic rings. The number of aliphatic carboxylic acids is 2. The summed E-state index contributed by atoms with van der Waals surface area (Å²) in [5.41, 5.74) is 0. The fourth-order valence-electron chi connectivity index (χ4n) is 3.51. The van der Waals surface area contributed by atoms with Crippen molar-refractivity contribution in [2.45, 2.75) is 83.5 Å². The molecule has 12 heteroatoms. The predicted molar refractivity (Wildman–Crippen MR) is 111 cm³/mol. The standard InChI is InChI=1S/C20H32N4O8/c1-4-5-7-13(17(28)23-14(20(31)32)10-16(26)27)22-18(29)15-8-6-9-24(15)19(30)11(2)21-12(3)25/h11,13-15H,4-10H2,1-3H3,(H,21,25)(H,22,29)(H,23,28)(H,26,27)(H,31,32)/t11-,13-,14-,15-/m0/s1. The number of unbranched alkanes of at least 4 members (excludes halogenated alkanes) is 1. The summed E-state index contributed by atoms with van der Waals surface area (Å²) >= 11 is 0. The van der Waals surface area contributed by atoms with E-state index in [0.717, 1.165) is 0 Å². The van der Waals surface area contributed by atoms with Crippen molar-refractivity contribution in [3.8, 4) is 0 Å². The molecule has 1 aliphatic heterocycles. The highest BCUT2D eigenvalue weighted by Gasteiger charge is 2.38. The van der Waals surface area contributed by atoms with Crippen LogP contribution in [0.5, 0.6) is 0 Å². The van der Waals surface area contributed by atoms with Gasteiger partial charge in [-0.2, -0.15) is 0 Å². The van der Waals surface area contributed by atoms with Crippen LogP contribution in [0.15, 0.2) is 0 Å². The van der Waals surface area contributed by atoms with Crippen molar-refractivity contribution >= 4 is 35.6 Å². The second-order valence-corrected chi connectivity index (χ2v) is 7.81. The highest BCUT2D eigenvalue weighted by Crippen LogP contribution is 2.19. The zero-order valence-electron chi connectivity index (χ0n) is 18.6. The summed E-state index contributed by atoms with van der Waals surface area (Å²) in [4.78, 5) is 72.9. The lowest BCUT2D eigenvalue weighted by Gasteiger charge is -2.28. The molecule has 12 nitrogen and oxygen atoms in total. The third kappa shape index (κ3) is 8.16. The second-order valence-electron chi connectivity index (χ2n) is 7.81. The molecule has 1 fully saturated rings. The van der Waals surface area contributed by atoms with E-state index in [1.54, 1.807) is 0 Å². The summed E-state index contributed by atoms with van der Waals surface area (Å²) in [7, 11) is 0. The van der Waals surface area contributed by atoms with Gasteiger partial charge in [-0.15, -0.1) is 0 Å². The zero-order valence-corrected chi connectivity index (χ0v) is 18.6. The largest absolute Gasteiger partial charge is 0.481 e. The molecule has 0 unspecified atom stereocenters. The number of rotatable bonds is 12. The summed E-state index contributed by atoms with van der Waals surface area (Å²) in [6, 6.07) is -4.36. The van der Waals surface area contributed by atoms with Crippen LogP contribution in [-0.2, 0) is 28.8 Å². The number of carboxylic acid groups (broad SMARTS) is 2. The van der Waals surface area contributed by atoms with E-state index < -0.39 is 60.2 Å². The van der Waals surface area contributed by atoms with E-state index in [1.807, 2.05) is 6.92 Å². The van der Waals surface area contributed by atoms with Crippen molar-refractivity contribution in [3.63, 3.8) is 0 Å². The highest BCUT2D eigenvalue weighted by atomic mass is 16.4. The molecule has 4 atom stereocenters. The molecule has 0 radical (unpaired) electrons. The number of amides is 4. The Hall–Kier alpha value is -3.18. The first-order chi connectivity index (χ1) is 15.0. The normalized spacial score (nSPS) is 18.2. The maximum absolute atomic E-state index is 12.9. The Morgan fingerprint density at radius 1 is 1.03 bits per heavy atom. The van der Waals surface area contributed by atoms with Crippen LogP contribution < -0.4 is 16.0 Å². The number of likely N-dealkylation sites (tertiary alicyclic amines) is 1. The third-order valence-electron chi connectivity index (χ3n) is 5.10. The molecule has 5 N–H and O–H groups in total. The second kappa shape index (κ2) is 12.6. The van der Waals surface area contributed by atoms with Crippen LogP contribution in [0.25, 0.3) is 0 Å². The lowest BCUT2D eigenvalue weighted by atomic mass is 10.1. The summed E-state index contributed by atoms with van der Waals surface area (Å²) in [5, 5.41) is 25.2. The van der Waals surface area contributed by atoms with Crippen LogP contribution in [0, 0.1) is 0 Å². The minimum atomic E-state index is -1.64. The van der Waals surface area contributed by atoms with E-state index in [1.165, 1.54) is 18.7 Å². The molecule has 4 amide bonds. The average Bonchev–Trinajstić information content (AvgIpc) is 3.18. The van der Waals surface area contributed by atoms with Crippen molar-refractivity contribution < 1.29 is 39.0 Å². The summed E-state index contributed by atoms with van der Waals surface area (Å²) < 4.78 is 0. The van der Waals surface area contributed by atoms with Crippen LogP contribution >= 0.6 is 0 Å². The molecular weight excluding hydrogens is 424 g/mol. The molecule has 0 saturated carbocycles. The Bertz CT molecular complexity index is 741. The summed E-state index contributed by atoms with van der Waals surface area (Å²) in [5.74, 6) is -5.05. The van der Waals surface area contributed by atoms with Crippen molar-refractivity contribution in [2.24, 2.45) is 0 Å². The van der Waals surface area contributed by atoms with Crippen molar-refractivity contribution in [2.75, 3.05) is 6.54 Å². The minimum absolute atomic E-state index is 0.219. The molecule has 1 heterocycles. The Labute approximate surface area is 186 Å². The van der Waals surface area contributed by atoms with Gasteiger partial charge in [0.1, 0.15) is 24.2 Å². The van der Waals surface area contributed by atoms with Crippen molar-refractivity contribution in [1.29, 1.82) is 0 Å². The highest BCUT2D eigenvalue weighted by molar-refractivity contribution is 5.95. The molecule has 0 bridgehead atoms. The topological polar surface area (TPSA) is 182 Å². The average molecular weight is 456 g/mol. The molecular formula is C20H32N4O8. The van der Waals surface area contributed by atoms with E-state index in [-0.39, 0.29) is 12.3 Å². The first-order valence-electron chi connectivity index (χ1n) is 10.6. The number of carboxylic acids is 2. The molecule has 0 aliphatic carbocycles. The predicted octanol–water partition coefficient (Wildman–Crippen LogP) is -0.779. The van der Waals surface area contributed by atoms with E-state index >= 15 is 0 Å². The van der Waals surface area contributed by atoms with Crippen LogP contribution in [0.2, 0.25) is 0 Å². The Kier molecular flexibility index (Phi) is 10.6. The lowest BCUT2D eigenvalue weighted by molar-refractivity contribution is -0.147. The van der Waals surface area contributed by atoms with Gasteiger partial charge in [-0.25, -0.2) is 4.79 Å². The number of carbonyl (C=O) groups is 6. The van der Waals surface area contributed by atoms with Gasteiger partial charge in [-0.3, -0.25) is 24.0 Å². The van der Waals surface area contributed by atoms with Gasteiger partial charge in [0.15, 0.2) is 0 Å². The molecule has 180 valence electrons. The van der Waals surface area contributed by atoms with Gasteiger partial charge < -0.3 is 31.1 Å².